The normalized spacial score (nSPS) is 11.3. The monoisotopic (exact) mass is 389 g/mol. The molecule has 0 radical (unpaired) electrons. The minimum atomic E-state index is -3.85. The number of sulfonamides is 1. The molecule has 0 amide bonds. The molecular weight excluding hydrogens is 374 g/mol. The number of aromatic nitrogens is 4. The Balaban J connectivity index is 1.53. The van der Waals surface area contributed by atoms with Crippen LogP contribution < -0.4 is 10.0 Å². The number of anilines is 1. The SMILES string of the molecule is O=[N+]([O-])c1cccc(S(=O)(=O)NCCNc2ccc(-n3cccn3)nn2)c1. The summed E-state index contributed by atoms with van der Waals surface area (Å²) < 4.78 is 28.3. The third-order valence-electron chi connectivity index (χ3n) is 3.45. The van der Waals surface area contributed by atoms with Gasteiger partial charge in [0.15, 0.2) is 5.82 Å². The quantitative estimate of drug-likeness (QED) is 0.329. The number of non-ortho nitro benzene ring substituents is 1. The standard InChI is InChI=1S/C15H15N7O4S/c23-22(24)12-3-1-4-13(11-12)27(25,26)18-9-8-16-14-5-6-15(20-19-14)21-10-2-7-17-21/h1-7,10-11,18H,8-9H2,(H,16,19). The van der Waals surface area contributed by atoms with Crippen molar-refractivity contribution in [1.29, 1.82) is 0 Å². The Labute approximate surface area is 154 Å². The number of benzene rings is 1. The fourth-order valence-corrected chi connectivity index (χ4v) is 3.24. The van der Waals surface area contributed by atoms with Gasteiger partial charge in [0, 0.05) is 37.6 Å². The molecule has 0 aliphatic heterocycles. The van der Waals surface area contributed by atoms with Gasteiger partial charge in [0.2, 0.25) is 10.0 Å². The van der Waals surface area contributed by atoms with Gasteiger partial charge in [0.1, 0.15) is 5.82 Å². The van der Waals surface area contributed by atoms with Gasteiger partial charge in [0.05, 0.1) is 9.82 Å². The predicted octanol–water partition coefficient (Wildman–Crippen LogP) is 0.961. The Hall–Kier alpha value is -3.38. The predicted molar refractivity (Wildman–Crippen MR) is 95.9 cm³/mol. The smallest absolute Gasteiger partial charge is 0.270 e. The molecule has 0 saturated carbocycles. The van der Waals surface area contributed by atoms with E-state index in [0.29, 0.717) is 11.6 Å². The number of hydrogen-bond donors (Lipinski definition) is 2. The van der Waals surface area contributed by atoms with Gasteiger partial charge < -0.3 is 5.32 Å². The molecule has 3 aromatic rings. The fraction of sp³-hybridized carbons (Fsp3) is 0.133. The van der Waals surface area contributed by atoms with Crippen LogP contribution in [0, 0.1) is 10.1 Å². The van der Waals surface area contributed by atoms with Gasteiger partial charge in [0.25, 0.3) is 5.69 Å². The van der Waals surface area contributed by atoms with Crippen molar-refractivity contribution in [3.63, 3.8) is 0 Å². The zero-order valence-electron chi connectivity index (χ0n) is 13.9. The highest BCUT2D eigenvalue weighted by Crippen LogP contribution is 2.16. The first-order valence-corrected chi connectivity index (χ1v) is 9.26. The molecule has 0 unspecified atom stereocenters. The molecule has 11 nitrogen and oxygen atoms in total. The van der Waals surface area contributed by atoms with Gasteiger partial charge in [-0.25, -0.2) is 17.8 Å². The first kappa shape index (κ1) is 18.4. The van der Waals surface area contributed by atoms with E-state index in [1.165, 1.54) is 18.2 Å². The van der Waals surface area contributed by atoms with Crippen LogP contribution in [0.5, 0.6) is 0 Å². The summed E-state index contributed by atoms with van der Waals surface area (Å²) in [6.45, 7) is 0.317. The van der Waals surface area contributed by atoms with Crippen molar-refractivity contribution in [3.8, 4) is 5.82 Å². The van der Waals surface area contributed by atoms with Crippen LogP contribution >= 0.6 is 0 Å². The molecule has 0 saturated heterocycles. The average molecular weight is 389 g/mol. The second-order valence-corrected chi connectivity index (χ2v) is 7.07. The summed E-state index contributed by atoms with van der Waals surface area (Å²) in [4.78, 5) is 9.95. The summed E-state index contributed by atoms with van der Waals surface area (Å²) in [5.41, 5.74) is -0.288. The zero-order valence-corrected chi connectivity index (χ0v) is 14.7. The highest BCUT2D eigenvalue weighted by Gasteiger charge is 2.16. The lowest BCUT2D eigenvalue weighted by molar-refractivity contribution is -0.385. The van der Waals surface area contributed by atoms with Crippen molar-refractivity contribution in [3.05, 3.63) is 65.0 Å². The van der Waals surface area contributed by atoms with Crippen molar-refractivity contribution in [1.82, 2.24) is 24.7 Å². The Bertz CT molecular complexity index is 1020. The van der Waals surface area contributed by atoms with Crippen LogP contribution in [0.2, 0.25) is 0 Å². The number of rotatable bonds is 8. The molecule has 0 bridgehead atoms. The van der Waals surface area contributed by atoms with Crippen LogP contribution in [0.25, 0.3) is 5.82 Å². The highest BCUT2D eigenvalue weighted by molar-refractivity contribution is 7.89. The summed E-state index contributed by atoms with van der Waals surface area (Å²) >= 11 is 0. The third kappa shape index (κ3) is 4.62. The molecule has 3 rings (SSSR count). The van der Waals surface area contributed by atoms with E-state index in [4.69, 9.17) is 0 Å². The minimum Gasteiger partial charge on any atom is -0.367 e. The van der Waals surface area contributed by atoms with Gasteiger partial charge in [-0.15, -0.1) is 10.2 Å². The first-order valence-electron chi connectivity index (χ1n) is 7.77. The van der Waals surface area contributed by atoms with Gasteiger partial charge in [-0.2, -0.15) is 5.10 Å². The minimum absolute atomic E-state index is 0.0631. The number of nitrogens with one attached hydrogen (secondary N) is 2. The zero-order chi connectivity index (χ0) is 19.3. The van der Waals surface area contributed by atoms with Crippen molar-refractivity contribution in [2.24, 2.45) is 0 Å². The molecular formula is C15H15N7O4S. The van der Waals surface area contributed by atoms with Crippen LogP contribution in [-0.2, 0) is 10.0 Å². The van der Waals surface area contributed by atoms with Crippen molar-refractivity contribution in [2.75, 3.05) is 18.4 Å². The molecule has 2 heterocycles. The summed E-state index contributed by atoms with van der Waals surface area (Å²) in [6.07, 6.45) is 3.36. The van der Waals surface area contributed by atoms with Crippen LogP contribution in [0.1, 0.15) is 0 Å². The van der Waals surface area contributed by atoms with Crippen LogP contribution in [0.4, 0.5) is 11.5 Å². The molecule has 1 aromatic carbocycles. The number of nitrogens with zero attached hydrogens (tertiary/aromatic N) is 5. The summed E-state index contributed by atoms with van der Waals surface area (Å²) in [7, 11) is -3.85. The van der Waals surface area contributed by atoms with E-state index in [1.54, 1.807) is 35.3 Å². The van der Waals surface area contributed by atoms with E-state index < -0.39 is 14.9 Å². The maximum Gasteiger partial charge on any atom is 0.270 e. The average Bonchev–Trinajstić information content (AvgIpc) is 3.20. The second kappa shape index (κ2) is 7.88. The number of hydrogen-bond acceptors (Lipinski definition) is 8. The molecule has 0 fully saturated rings. The van der Waals surface area contributed by atoms with Crippen molar-refractivity contribution < 1.29 is 13.3 Å². The Morgan fingerprint density at radius 1 is 1.11 bits per heavy atom. The Kier molecular flexibility index (Phi) is 5.38. The summed E-state index contributed by atoms with van der Waals surface area (Å²) in [6, 6.07) is 10.0. The van der Waals surface area contributed by atoms with Gasteiger partial charge in [-0.1, -0.05) is 6.07 Å². The summed E-state index contributed by atoms with van der Waals surface area (Å²) in [5, 5.41) is 25.7. The molecule has 140 valence electrons. The van der Waals surface area contributed by atoms with E-state index in [-0.39, 0.29) is 23.7 Å². The second-order valence-electron chi connectivity index (χ2n) is 5.31. The van der Waals surface area contributed by atoms with E-state index >= 15 is 0 Å². The number of nitro groups is 1. The molecule has 0 spiro atoms. The van der Waals surface area contributed by atoms with Crippen molar-refractivity contribution in [2.45, 2.75) is 4.90 Å². The maximum absolute atomic E-state index is 12.2. The van der Waals surface area contributed by atoms with E-state index in [2.05, 4.69) is 25.3 Å². The molecule has 0 aliphatic rings. The van der Waals surface area contributed by atoms with E-state index in [0.717, 1.165) is 6.07 Å². The van der Waals surface area contributed by atoms with E-state index in [9.17, 15) is 18.5 Å². The molecule has 12 heteroatoms. The highest BCUT2D eigenvalue weighted by atomic mass is 32.2. The van der Waals surface area contributed by atoms with Gasteiger partial charge >= 0.3 is 0 Å². The Morgan fingerprint density at radius 2 is 1.96 bits per heavy atom. The van der Waals surface area contributed by atoms with E-state index in [1.807, 2.05) is 0 Å². The largest absolute Gasteiger partial charge is 0.367 e. The first-order chi connectivity index (χ1) is 13.0. The maximum atomic E-state index is 12.2. The number of nitro benzene ring substituents is 1. The lowest BCUT2D eigenvalue weighted by Gasteiger charge is -2.08. The van der Waals surface area contributed by atoms with Gasteiger partial charge in [-0.05, 0) is 24.3 Å². The molecule has 2 N–H and O–H groups in total. The molecule has 2 aromatic heterocycles. The topological polar surface area (TPSA) is 145 Å². The van der Waals surface area contributed by atoms with Crippen LogP contribution in [0.3, 0.4) is 0 Å². The Morgan fingerprint density at radius 3 is 2.63 bits per heavy atom. The molecule has 0 atom stereocenters. The van der Waals surface area contributed by atoms with Crippen LogP contribution in [0.15, 0.2) is 59.8 Å². The summed E-state index contributed by atoms with van der Waals surface area (Å²) in [5.74, 6) is 1.03. The lowest BCUT2D eigenvalue weighted by atomic mass is 10.3. The molecule has 0 aliphatic carbocycles. The van der Waals surface area contributed by atoms with Crippen molar-refractivity contribution >= 4 is 21.5 Å². The third-order valence-corrected chi connectivity index (χ3v) is 4.91. The lowest BCUT2D eigenvalue weighted by Crippen LogP contribution is -2.29. The van der Waals surface area contributed by atoms with Gasteiger partial charge in [-0.3, -0.25) is 10.1 Å². The fourth-order valence-electron chi connectivity index (χ4n) is 2.17. The molecule has 27 heavy (non-hydrogen) atoms. The van der Waals surface area contributed by atoms with Crippen LogP contribution in [-0.4, -0.2) is 46.4 Å².